The number of thioether (sulfide) groups is 2. The molecule has 1 heterocycles. The number of rotatable bonds is 18. The Morgan fingerprint density at radius 3 is 2.00 bits per heavy atom. The van der Waals surface area contributed by atoms with Gasteiger partial charge < -0.3 is 18.6 Å². The van der Waals surface area contributed by atoms with Crippen LogP contribution in [0, 0.1) is 29.1 Å². The number of carbonyl (C=O) groups excluding carboxylic acids is 3. The third kappa shape index (κ3) is 9.03. The Morgan fingerprint density at radius 2 is 1.48 bits per heavy atom. The smallest absolute Gasteiger partial charge is 0.316 e. The summed E-state index contributed by atoms with van der Waals surface area (Å²) in [4.78, 5) is 43.7. The zero-order valence-electron chi connectivity index (χ0n) is 34.2. The minimum atomic E-state index is -3.03. The van der Waals surface area contributed by atoms with Crippen molar-refractivity contribution in [2.24, 2.45) is 29.1 Å². The maximum absolute atomic E-state index is 15.7. The van der Waals surface area contributed by atoms with E-state index < -0.39 is 41.5 Å². The van der Waals surface area contributed by atoms with Gasteiger partial charge >= 0.3 is 5.97 Å². The molecular formula is C46H60O7S2Si. The van der Waals surface area contributed by atoms with Gasteiger partial charge in [0.15, 0.2) is 5.78 Å². The van der Waals surface area contributed by atoms with Crippen LogP contribution < -0.4 is 19.8 Å². The molecule has 2 aliphatic rings. The molecule has 0 N–H and O–H groups in total. The second-order valence-electron chi connectivity index (χ2n) is 16.5. The summed E-state index contributed by atoms with van der Waals surface area (Å²) < 4.78 is 23.6. The molecule has 0 aromatic heterocycles. The molecule has 302 valence electrons. The largest absolute Gasteiger partial charge is 0.497 e. The number of ketones is 2. The van der Waals surface area contributed by atoms with E-state index in [1.807, 2.05) is 42.5 Å². The Hall–Kier alpha value is -3.31. The summed E-state index contributed by atoms with van der Waals surface area (Å²) in [7, 11) is -0.0617. The van der Waals surface area contributed by atoms with Gasteiger partial charge in [-0.15, -0.1) is 30.1 Å². The summed E-state index contributed by atoms with van der Waals surface area (Å²) in [5.41, 5.74) is -0.837. The van der Waals surface area contributed by atoms with Crippen molar-refractivity contribution in [2.75, 3.05) is 38.9 Å². The molecule has 1 saturated heterocycles. The molecule has 10 heteroatoms. The molecule has 1 aliphatic carbocycles. The van der Waals surface area contributed by atoms with Crippen LogP contribution in [0.5, 0.6) is 11.5 Å². The maximum atomic E-state index is 15.7. The molecule has 0 bridgehead atoms. The first kappa shape index (κ1) is 43.8. The number of benzene rings is 3. The zero-order chi connectivity index (χ0) is 40.6. The van der Waals surface area contributed by atoms with Crippen LogP contribution in [-0.2, 0) is 23.5 Å². The molecular weight excluding hydrogens is 757 g/mol. The van der Waals surface area contributed by atoms with E-state index >= 15 is 4.79 Å². The van der Waals surface area contributed by atoms with E-state index in [2.05, 4.69) is 89.7 Å². The summed E-state index contributed by atoms with van der Waals surface area (Å²) in [6, 6.07) is 28.4. The number of allylic oxidation sites excluding steroid dienone is 1. The van der Waals surface area contributed by atoms with Crippen LogP contribution in [0.3, 0.4) is 0 Å². The average Bonchev–Trinajstić information content (AvgIpc) is 3.47. The third-order valence-electron chi connectivity index (χ3n) is 11.8. The fourth-order valence-electron chi connectivity index (χ4n) is 9.00. The van der Waals surface area contributed by atoms with Crippen molar-refractivity contribution < 1.29 is 33.0 Å². The number of hydrogen-bond acceptors (Lipinski definition) is 9. The first-order chi connectivity index (χ1) is 26.8. The van der Waals surface area contributed by atoms with Gasteiger partial charge in [-0.1, -0.05) is 101 Å². The molecule has 5 rings (SSSR count). The predicted molar refractivity (Wildman–Crippen MR) is 233 cm³/mol. The predicted octanol–water partition coefficient (Wildman–Crippen LogP) is 8.78. The van der Waals surface area contributed by atoms with Crippen LogP contribution in [0.4, 0.5) is 0 Å². The van der Waals surface area contributed by atoms with Crippen molar-refractivity contribution in [2.45, 2.75) is 75.8 Å². The van der Waals surface area contributed by atoms with E-state index in [0.29, 0.717) is 25.9 Å². The fraction of sp³-hybridized carbons (Fsp3) is 0.500. The van der Waals surface area contributed by atoms with Crippen LogP contribution in [0.15, 0.2) is 97.6 Å². The molecule has 2 fully saturated rings. The van der Waals surface area contributed by atoms with Crippen molar-refractivity contribution in [3.63, 3.8) is 0 Å². The summed E-state index contributed by atoms with van der Waals surface area (Å²) in [6.45, 7) is 15.6. The Kier molecular flexibility index (Phi) is 14.8. The average molecular weight is 817 g/mol. The third-order valence-corrected chi connectivity index (χ3v) is 20.6. The Morgan fingerprint density at radius 1 is 0.911 bits per heavy atom. The molecule has 3 aromatic carbocycles. The highest BCUT2D eigenvalue weighted by molar-refractivity contribution is 8.20. The summed E-state index contributed by atoms with van der Waals surface area (Å²) in [5.74, 6) is 0.174. The van der Waals surface area contributed by atoms with Gasteiger partial charge in [0.25, 0.3) is 8.32 Å². The van der Waals surface area contributed by atoms with Crippen LogP contribution >= 0.6 is 23.5 Å². The van der Waals surface area contributed by atoms with E-state index in [9.17, 15) is 9.59 Å². The van der Waals surface area contributed by atoms with Gasteiger partial charge in [-0.3, -0.25) is 14.4 Å². The molecule has 5 atom stereocenters. The lowest BCUT2D eigenvalue weighted by atomic mass is 9.66. The van der Waals surface area contributed by atoms with E-state index in [0.717, 1.165) is 39.8 Å². The van der Waals surface area contributed by atoms with Crippen LogP contribution in [0.2, 0.25) is 5.04 Å². The van der Waals surface area contributed by atoms with Gasteiger partial charge in [0.2, 0.25) is 0 Å². The molecule has 56 heavy (non-hydrogen) atoms. The molecule has 1 aliphatic heterocycles. The van der Waals surface area contributed by atoms with E-state index in [4.69, 9.17) is 18.6 Å². The molecule has 7 nitrogen and oxygen atoms in total. The van der Waals surface area contributed by atoms with E-state index in [1.165, 1.54) is 7.11 Å². The lowest BCUT2D eigenvalue weighted by molar-refractivity contribution is -0.152. The number of methoxy groups -OCH3 is 2. The fourth-order valence-corrected chi connectivity index (χ4v) is 17.3. The van der Waals surface area contributed by atoms with Gasteiger partial charge in [-0.25, -0.2) is 0 Å². The zero-order valence-corrected chi connectivity index (χ0v) is 36.8. The van der Waals surface area contributed by atoms with Gasteiger partial charge in [0.1, 0.15) is 27.3 Å². The normalized spacial score (nSPS) is 22.2. The molecule has 0 spiro atoms. The first-order valence-corrected chi connectivity index (χ1v) is 23.7. The van der Waals surface area contributed by atoms with Crippen molar-refractivity contribution in [3.8, 4) is 11.5 Å². The highest BCUT2D eigenvalue weighted by Gasteiger charge is 2.62. The van der Waals surface area contributed by atoms with Crippen LogP contribution in [0.1, 0.15) is 66.7 Å². The van der Waals surface area contributed by atoms with Crippen molar-refractivity contribution in [3.05, 3.63) is 97.6 Å². The van der Waals surface area contributed by atoms with Gasteiger partial charge in [0.05, 0.1) is 20.8 Å². The maximum Gasteiger partial charge on any atom is 0.316 e. The SMILES string of the molecule is C=CCC[C@@H](C(=O)C1([C@@H](C)CCOc2ccc(OC)cc2)SCCCS1)[C@H]1[C@H](C(=O)OC)C(=O)C[C@]1(C)CO[Si](c1ccccc1)(c1ccccc1)C(C)(C)C. The Balaban J connectivity index is 1.55. The second-order valence-corrected chi connectivity index (χ2v) is 23.8. The summed E-state index contributed by atoms with van der Waals surface area (Å²) in [5, 5.41) is 1.96. The minimum Gasteiger partial charge on any atom is -0.497 e. The Bertz CT molecular complexity index is 1730. The van der Waals surface area contributed by atoms with E-state index in [-0.39, 0.29) is 35.6 Å². The number of ether oxygens (including phenoxy) is 3. The highest BCUT2D eigenvalue weighted by Crippen LogP contribution is 2.57. The molecule has 1 saturated carbocycles. The Labute approximate surface area is 344 Å². The summed E-state index contributed by atoms with van der Waals surface area (Å²) >= 11 is 3.44. The first-order valence-electron chi connectivity index (χ1n) is 19.8. The molecule has 0 unspecified atom stereocenters. The summed E-state index contributed by atoms with van der Waals surface area (Å²) in [6.07, 6.45) is 4.66. The lowest BCUT2D eigenvalue weighted by Gasteiger charge is -2.48. The quantitative estimate of drug-likeness (QED) is 0.0542. The minimum absolute atomic E-state index is 0.0527. The van der Waals surface area contributed by atoms with Crippen LogP contribution in [0.25, 0.3) is 0 Å². The second kappa shape index (κ2) is 19.0. The monoisotopic (exact) mass is 816 g/mol. The number of hydrogen-bond donors (Lipinski definition) is 0. The molecule has 0 radical (unpaired) electrons. The van der Waals surface area contributed by atoms with Gasteiger partial charge in [-0.2, -0.15) is 0 Å². The van der Waals surface area contributed by atoms with Crippen molar-refractivity contribution in [1.29, 1.82) is 0 Å². The highest BCUT2D eigenvalue weighted by atomic mass is 32.2. The van der Waals surface area contributed by atoms with Gasteiger partial charge in [-0.05, 0) is 88.7 Å². The van der Waals surface area contributed by atoms with Crippen molar-refractivity contribution >= 4 is 59.8 Å². The van der Waals surface area contributed by atoms with E-state index in [1.54, 1.807) is 30.6 Å². The lowest BCUT2D eigenvalue weighted by Crippen LogP contribution is -2.67. The van der Waals surface area contributed by atoms with Gasteiger partial charge in [0, 0.05) is 24.4 Å². The van der Waals surface area contributed by atoms with Crippen LogP contribution in [-0.4, -0.2) is 68.9 Å². The number of esters is 1. The topological polar surface area (TPSA) is 88.1 Å². The van der Waals surface area contributed by atoms with Crippen molar-refractivity contribution in [1.82, 2.24) is 0 Å². The standard InChI is InChI=1S/C46H60O7S2Si/c1-9-10-22-38(42(48)46(54-29-17-30-55-46)33(2)27-28-52-35-25-23-34(50-7)24-26-35)41-40(43(49)51-8)39(47)31-45(41,6)32-53-56(44(3,4)5,36-18-13-11-14-19-36)37-20-15-12-16-21-37/h9,11-16,18-21,23-26,33,38,40-41H,1,10,17,22,27-32H2,2-8H3/t33-,38+,40+,41-,45+/m0/s1. The number of carbonyl (C=O) groups is 3. The molecule has 0 amide bonds. The molecule has 3 aromatic rings. The number of Topliss-reactive ketones (excluding diaryl/α,β-unsaturated/α-hetero) is 2.